The zero-order chi connectivity index (χ0) is 14.7. The van der Waals surface area contributed by atoms with Gasteiger partial charge in [-0.15, -0.1) is 0 Å². The van der Waals surface area contributed by atoms with E-state index in [-0.39, 0.29) is 18.3 Å². The average Bonchev–Trinajstić information content (AvgIpc) is 3.22. The quantitative estimate of drug-likeness (QED) is 0.861. The van der Waals surface area contributed by atoms with Crippen molar-refractivity contribution in [2.75, 3.05) is 6.54 Å². The van der Waals surface area contributed by atoms with Crippen LogP contribution in [-0.2, 0) is 9.59 Å². The fourth-order valence-corrected chi connectivity index (χ4v) is 1.93. The minimum absolute atomic E-state index is 0.0144. The van der Waals surface area contributed by atoms with Gasteiger partial charge in [-0.2, -0.15) is 0 Å². The van der Waals surface area contributed by atoms with E-state index in [9.17, 15) is 14.0 Å². The number of carbonyl (C=O) groups is 2. The lowest BCUT2D eigenvalue weighted by atomic mass is 10.3. The molecule has 1 aromatic carbocycles. The number of amides is 1. The molecule has 1 aliphatic carbocycles. The lowest BCUT2D eigenvalue weighted by Crippen LogP contribution is -2.44. The normalized spacial score (nSPS) is 15.5. The Kier molecular flexibility index (Phi) is 4.22. The molecular formula is C14H16FNO4. The molecule has 1 fully saturated rings. The van der Waals surface area contributed by atoms with Crippen molar-refractivity contribution in [1.29, 1.82) is 0 Å². The van der Waals surface area contributed by atoms with Crippen molar-refractivity contribution in [2.45, 2.75) is 31.9 Å². The number of carboxylic acids is 1. The largest absolute Gasteiger partial charge is 0.480 e. The van der Waals surface area contributed by atoms with E-state index >= 15 is 0 Å². The molecule has 1 unspecified atom stereocenters. The van der Waals surface area contributed by atoms with Gasteiger partial charge in [0, 0.05) is 6.04 Å². The van der Waals surface area contributed by atoms with Gasteiger partial charge >= 0.3 is 5.97 Å². The Balaban J connectivity index is 2.03. The van der Waals surface area contributed by atoms with Crippen LogP contribution in [0, 0.1) is 5.82 Å². The molecule has 0 radical (unpaired) electrons. The third kappa shape index (κ3) is 3.46. The molecule has 6 heteroatoms. The van der Waals surface area contributed by atoms with E-state index in [1.807, 2.05) is 0 Å². The van der Waals surface area contributed by atoms with Crippen molar-refractivity contribution in [3.63, 3.8) is 0 Å². The standard InChI is InChI=1S/C14H16FNO4/c1-9(20-12-5-3-2-4-11(12)15)14(19)16(8-13(17)18)10-6-7-10/h2-5,9-10H,6-8H2,1H3,(H,17,18). The minimum Gasteiger partial charge on any atom is -0.480 e. The van der Waals surface area contributed by atoms with Gasteiger partial charge in [-0.3, -0.25) is 9.59 Å². The van der Waals surface area contributed by atoms with Crippen molar-refractivity contribution in [3.05, 3.63) is 30.1 Å². The molecule has 1 N–H and O–H groups in total. The summed E-state index contributed by atoms with van der Waals surface area (Å²) in [7, 11) is 0. The molecule has 1 aliphatic rings. The van der Waals surface area contributed by atoms with Crippen molar-refractivity contribution in [2.24, 2.45) is 0 Å². The van der Waals surface area contributed by atoms with Gasteiger partial charge in [0.15, 0.2) is 17.7 Å². The topological polar surface area (TPSA) is 66.8 Å². The van der Waals surface area contributed by atoms with Crippen molar-refractivity contribution < 1.29 is 23.8 Å². The van der Waals surface area contributed by atoms with Crippen molar-refractivity contribution in [3.8, 4) is 5.75 Å². The molecule has 5 nitrogen and oxygen atoms in total. The molecular weight excluding hydrogens is 265 g/mol. The predicted molar refractivity (Wildman–Crippen MR) is 68.9 cm³/mol. The Morgan fingerprint density at radius 2 is 2.10 bits per heavy atom. The summed E-state index contributed by atoms with van der Waals surface area (Å²) in [4.78, 5) is 24.3. The predicted octanol–water partition coefficient (Wildman–Crippen LogP) is 1.67. The molecule has 0 spiro atoms. The number of hydrogen-bond donors (Lipinski definition) is 1. The molecule has 0 aliphatic heterocycles. The first-order chi connectivity index (χ1) is 9.49. The molecule has 1 atom stereocenters. The Bertz CT molecular complexity index is 516. The molecule has 0 saturated heterocycles. The van der Waals surface area contributed by atoms with E-state index in [1.165, 1.54) is 30.0 Å². The van der Waals surface area contributed by atoms with Gasteiger partial charge in [-0.05, 0) is 31.9 Å². The summed E-state index contributed by atoms with van der Waals surface area (Å²) in [6, 6.07) is 5.76. The lowest BCUT2D eigenvalue weighted by Gasteiger charge is -2.24. The Labute approximate surface area is 116 Å². The Morgan fingerprint density at radius 3 is 2.65 bits per heavy atom. The number of benzene rings is 1. The van der Waals surface area contributed by atoms with Crippen LogP contribution in [0.4, 0.5) is 4.39 Å². The van der Waals surface area contributed by atoms with E-state index in [2.05, 4.69) is 0 Å². The number of para-hydroxylation sites is 1. The number of ether oxygens (including phenoxy) is 1. The molecule has 0 aromatic heterocycles. The van der Waals surface area contributed by atoms with Crippen LogP contribution >= 0.6 is 0 Å². The molecule has 0 bridgehead atoms. The van der Waals surface area contributed by atoms with Gasteiger partial charge in [-0.25, -0.2) is 4.39 Å². The Hall–Kier alpha value is -2.11. The van der Waals surface area contributed by atoms with Gasteiger partial charge in [-0.1, -0.05) is 12.1 Å². The summed E-state index contributed by atoms with van der Waals surface area (Å²) in [5, 5.41) is 8.83. The zero-order valence-corrected chi connectivity index (χ0v) is 11.1. The first-order valence-electron chi connectivity index (χ1n) is 6.42. The molecule has 1 saturated carbocycles. The number of nitrogens with zero attached hydrogens (tertiary/aromatic N) is 1. The van der Waals surface area contributed by atoms with E-state index in [0.717, 1.165) is 12.8 Å². The second-order valence-corrected chi connectivity index (χ2v) is 4.78. The van der Waals surface area contributed by atoms with Crippen LogP contribution in [-0.4, -0.2) is 40.6 Å². The van der Waals surface area contributed by atoms with Gasteiger partial charge in [0.05, 0.1) is 0 Å². The third-order valence-corrected chi connectivity index (χ3v) is 3.06. The highest BCUT2D eigenvalue weighted by atomic mass is 19.1. The fourth-order valence-electron chi connectivity index (χ4n) is 1.93. The summed E-state index contributed by atoms with van der Waals surface area (Å²) < 4.78 is 18.7. The maximum atomic E-state index is 13.5. The SMILES string of the molecule is CC(Oc1ccccc1F)C(=O)N(CC(=O)O)C1CC1. The number of halogens is 1. The summed E-state index contributed by atoms with van der Waals surface area (Å²) in [6.07, 6.45) is 0.670. The maximum Gasteiger partial charge on any atom is 0.323 e. The van der Waals surface area contributed by atoms with E-state index in [1.54, 1.807) is 6.07 Å². The van der Waals surface area contributed by atoms with Crippen LogP contribution < -0.4 is 4.74 Å². The maximum absolute atomic E-state index is 13.5. The van der Waals surface area contributed by atoms with Crippen LogP contribution in [0.2, 0.25) is 0 Å². The molecule has 20 heavy (non-hydrogen) atoms. The highest BCUT2D eigenvalue weighted by molar-refractivity contribution is 5.85. The second-order valence-electron chi connectivity index (χ2n) is 4.78. The highest BCUT2D eigenvalue weighted by Crippen LogP contribution is 2.28. The number of rotatable bonds is 6. The summed E-state index contributed by atoms with van der Waals surface area (Å²) in [6.45, 7) is 1.14. The van der Waals surface area contributed by atoms with Gasteiger partial charge in [0.25, 0.3) is 5.91 Å². The van der Waals surface area contributed by atoms with Crippen molar-refractivity contribution >= 4 is 11.9 Å². The molecule has 2 rings (SSSR count). The zero-order valence-electron chi connectivity index (χ0n) is 11.1. The smallest absolute Gasteiger partial charge is 0.323 e. The van der Waals surface area contributed by atoms with Crippen molar-refractivity contribution in [1.82, 2.24) is 4.90 Å². The molecule has 108 valence electrons. The first kappa shape index (κ1) is 14.3. The van der Waals surface area contributed by atoms with E-state index in [4.69, 9.17) is 9.84 Å². The number of carboxylic acid groups (broad SMARTS) is 1. The lowest BCUT2D eigenvalue weighted by molar-refractivity contribution is -0.148. The number of hydrogen-bond acceptors (Lipinski definition) is 3. The fraction of sp³-hybridized carbons (Fsp3) is 0.429. The summed E-state index contributed by atoms with van der Waals surface area (Å²) in [5.41, 5.74) is 0. The number of carbonyl (C=O) groups excluding carboxylic acids is 1. The molecule has 1 aromatic rings. The van der Waals surface area contributed by atoms with Crippen LogP contribution in [0.1, 0.15) is 19.8 Å². The monoisotopic (exact) mass is 281 g/mol. The van der Waals surface area contributed by atoms with E-state index < -0.39 is 23.8 Å². The first-order valence-corrected chi connectivity index (χ1v) is 6.42. The highest BCUT2D eigenvalue weighted by Gasteiger charge is 2.36. The van der Waals surface area contributed by atoms with Crippen LogP contribution in [0.15, 0.2) is 24.3 Å². The van der Waals surface area contributed by atoms with Gasteiger partial charge < -0.3 is 14.7 Å². The van der Waals surface area contributed by atoms with Crippen LogP contribution in [0.3, 0.4) is 0 Å². The summed E-state index contributed by atoms with van der Waals surface area (Å²) in [5.74, 6) is -2.07. The second kappa shape index (κ2) is 5.90. The molecule has 0 heterocycles. The number of aliphatic carboxylic acids is 1. The van der Waals surface area contributed by atoms with E-state index in [0.29, 0.717) is 0 Å². The molecule has 1 amide bonds. The Morgan fingerprint density at radius 1 is 1.45 bits per heavy atom. The summed E-state index contributed by atoms with van der Waals surface area (Å²) >= 11 is 0. The minimum atomic E-state index is -1.07. The average molecular weight is 281 g/mol. The van der Waals surface area contributed by atoms with Gasteiger partial charge in [0.1, 0.15) is 6.54 Å². The van der Waals surface area contributed by atoms with Crippen LogP contribution in [0.25, 0.3) is 0 Å². The van der Waals surface area contributed by atoms with Crippen LogP contribution in [0.5, 0.6) is 5.75 Å². The third-order valence-electron chi connectivity index (χ3n) is 3.06. The van der Waals surface area contributed by atoms with Gasteiger partial charge in [0.2, 0.25) is 0 Å².